The van der Waals surface area contributed by atoms with E-state index in [9.17, 15) is 0 Å². The van der Waals surface area contributed by atoms with Gasteiger partial charge in [-0.05, 0) is 54.8 Å². The van der Waals surface area contributed by atoms with Gasteiger partial charge in [-0.2, -0.15) is 11.8 Å². The topological polar surface area (TPSA) is 0 Å². The molecule has 0 fully saturated rings. The van der Waals surface area contributed by atoms with Crippen LogP contribution in [0.1, 0.15) is 6.42 Å². The summed E-state index contributed by atoms with van der Waals surface area (Å²) in [5, 5.41) is 4.47. The van der Waals surface area contributed by atoms with Crippen molar-refractivity contribution in [1.29, 1.82) is 0 Å². The molecule has 0 saturated heterocycles. The first kappa shape index (κ1) is 20.5. The summed E-state index contributed by atoms with van der Waals surface area (Å²) in [6.07, 6.45) is 4.67. The minimum absolute atomic E-state index is 0. The van der Waals surface area contributed by atoms with E-state index in [2.05, 4.69) is 97.3 Å². The SMILES string of the molecule is CSCCC[P+](c1ccccc1)(c1ccccc1)c1ccccc1.[I-]. The lowest BCUT2D eigenvalue weighted by molar-refractivity contribution is -0.00000468. The highest BCUT2D eigenvalue weighted by Crippen LogP contribution is 2.55. The molecule has 0 radical (unpaired) electrons. The maximum Gasteiger partial charge on any atom is 0.112 e. The van der Waals surface area contributed by atoms with E-state index in [0.29, 0.717) is 0 Å². The third kappa shape index (κ3) is 4.67. The zero-order valence-corrected chi connectivity index (χ0v) is 18.4. The van der Waals surface area contributed by atoms with Crippen LogP contribution < -0.4 is 39.9 Å². The van der Waals surface area contributed by atoms with Gasteiger partial charge in [-0.25, -0.2) is 0 Å². The van der Waals surface area contributed by atoms with Crippen LogP contribution in [0.15, 0.2) is 91.0 Å². The Bertz CT molecular complexity index is 635. The van der Waals surface area contributed by atoms with Crippen molar-refractivity contribution in [1.82, 2.24) is 0 Å². The summed E-state index contributed by atoms with van der Waals surface area (Å²) in [4.78, 5) is 0. The van der Waals surface area contributed by atoms with Crippen molar-refractivity contribution in [3.63, 3.8) is 0 Å². The standard InChI is InChI=1S/C22H24PS.HI/c1-24-19-11-18-23(20-12-5-2-6-13-20,21-14-7-3-8-15-21)22-16-9-4-10-17-22;/h2-10,12-17H,11,18-19H2,1H3;1H/q+1;/p-1. The van der Waals surface area contributed by atoms with Crippen molar-refractivity contribution >= 4 is 34.9 Å². The van der Waals surface area contributed by atoms with Gasteiger partial charge in [0, 0.05) is 0 Å². The van der Waals surface area contributed by atoms with E-state index in [1.54, 1.807) is 0 Å². The van der Waals surface area contributed by atoms with Crippen LogP contribution in [0.2, 0.25) is 0 Å². The number of halogens is 1. The van der Waals surface area contributed by atoms with E-state index in [4.69, 9.17) is 0 Å². The van der Waals surface area contributed by atoms with Crippen molar-refractivity contribution in [3.8, 4) is 0 Å². The molecule has 0 unspecified atom stereocenters. The summed E-state index contributed by atoms with van der Waals surface area (Å²) in [6.45, 7) is 0. The molecule has 0 aliphatic heterocycles. The monoisotopic (exact) mass is 478 g/mol. The average molecular weight is 478 g/mol. The molecule has 3 aromatic rings. The summed E-state index contributed by atoms with van der Waals surface area (Å²) >= 11 is 1.95. The normalized spacial score (nSPS) is 10.9. The fourth-order valence-corrected chi connectivity index (χ4v) is 8.32. The van der Waals surface area contributed by atoms with Crippen molar-refractivity contribution in [2.24, 2.45) is 0 Å². The third-order valence-electron chi connectivity index (χ3n) is 4.43. The molecule has 0 bridgehead atoms. The van der Waals surface area contributed by atoms with Gasteiger partial charge in [-0.1, -0.05) is 54.6 Å². The van der Waals surface area contributed by atoms with E-state index in [1.165, 1.54) is 34.2 Å². The summed E-state index contributed by atoms with van der Waals surface area (Å²) < 4.78 is 0. The Kier molecular flexibility index (Phi) is 8.48. The fourth-order valence-electron chi connectivity index (χ4n) is 3.33. The Labute approximate surface area is 173 Å². The lowest BCUT2D eigenvalue weighted by atomic mass is 10.4. The first-order valence-electron chi connectivity index (χ1n) is 8.42. The lowest BCUT2D eigenvalue weighted by Gasteiger charge is -2.27. The molecule has 0 atom stereocenters. The van der Waals surface area contributed by atoms with Gasteiger partial charge >= 0.3 is 0 Å². The molecule has 3 heteroatoms. The number of hydrogen-bond acceptors (Lipinski definition) is 1. The molecule has 25 heavy (non-hydrogen) atoms. The van der Waals surface area contributed by atoms with Gasteiger partial charge in [0.25, 0.3) is 0 Å². The van der Waals surface area contributed by atoms with Crippen LogP contribution in [0, 0.1) is 0 Å². The largest absolute Gasteiger partial charge is 1.00 e. The number of hydrogen-bond donors (Lipinski definition) is 0. The summed E-state index contributed by atoms with van der Waals surface area (Å²) in [5.41, 5.74) is 0. The predicted molar refractivity (Wildman–Crippen MR) is 113 cm³/mol. The van der Waals surface area contributed by atoms with E-state index < -0.39 is 7.26 Å². The van der Waals surface area contributed by atoms with Crippen molar-refractivity contribution < 1.29 is 24.0 Å². The summed E-state index contributed by atoms with van der Waals surface area (Å²) in [7, 11) is -1.60. The number of benzene rings is 3. The number of thioether (sulfide) groups is 1. The Hall–Kier alpha value is -0.830. The lowest BCUT2D eigenvalue weighted by Crippen LogP contribution is -3.00. The second kappa shape index (κ2) is 10.4. The van der Waals surface area contributed by atoms with Gasteiger partial charge in [0.05, 0.1) is 6.16 Å². The maximum absolute atomic E-state index is 2.33. The van der Waals surface area contributed by atoms with Gasteiger partial charge in [0.15, 0.2) is 0 Å². The van der Waals surface area contributed by atoms with Gasteiger partial charge in [0.2, 0.25) is 0 Å². The smallest absolute Gasteiger partial charge is 0.112 e. The van der Waals surface area contributed by atoms with Crippen LogP contribution in [0.3, 0.4) is 0 Å². The van der Waals surface area contributed by atoms with Gasteiger partial charge < -0.3 is 24.0 Å². The molecule has 0 nitrogen and oxygen atoms in total. The molecule has 3 rings (SSSR count). The van der Waals surface area contributed by atoms with Crippen LogP contribution in [-0.4, -0.2) is 18.2 Å². The first-order valence-corrected chi connectivity index (χ1v) is 11.8. The van der Waals surface area contributed by atoms with Gasteiger partial charge in [-0.3, -0.25) is 0 Å². The Balaban J connectivity index is 0.00000225. The molecule has 0 aliphatic rings. The molecule has 0 aromatic heterocycles. The quantitative estimate of drug-likeness (QED) is 0.283. The Morgan fingerprint density at radius 1 is 0.640 bits per heavy atom. The molecule has 3 aromatic carbocycles. The molecule has 0 amide bonds. The van der Waals surface area contributed by atoms with Crippen LogP contribution in [0.25, 0.3) is 0 Å². The van der Waals surface area contributed by atoms with Gasteiger partial charge in [-0.15, -0.1) is 0 Å². The van der Waals surface area contributed by atoms with E-state index in [-0.39, 0.29) is 24.0 Å². The minimum Gasteiger partial charge on any atom is -1.00 e. The zero-order valence-electron chi connectivity index (χ0n) is 14.5. The molecule has 0 N–H and O–H groups in total. The summed E-state index contributed by atoms with van der Waals surface area (Å²) in [5.74, 6) is 1.22. The summed E-state index contributed by atoms with van der Waals surface area (Å²) in [6, 6.07) is 33.4. The fraction of sp³-hybridized carbons (Fsp3) is 0.182. The minimum atomic E-state index is -1.60. The molecule has 130 valence electrons. The average Bonchev–Trinajstić information content (AvgIpc) is 2.68. The molecular weight excluding hydrogens is 454 g/mol. The van der Waals surface area contributed by atoms with E-state index in [0.717, 1.165) is 0 Å². The molecule has 0 aliphatic carbocycles. The highest BCUT2D eigenvalue weighted by Gasteiger charge is 2.44. The third-order valence-corrected chi connectivity index (χ3v) is 9.66. The van der Waals surface area contributed by atoms with Crippen molar-refractivity contribution in [2.75, 3.05) is 18.2 Å². The van der Waals surface area contributed by atoms with Crippen molar-refractivity contribution in [3.05, 3.63) is 91.0 Å². The Morgan fingerprint density at radius 2 is 1.00 bits per heavy atom. The second-order valence-corrected chi connectivity index (χ2v) is 10.5. The van der Waals surface area contributed by atoms with Crippen LogP contribution in [-0.2, 0) is 0 Å². The maximum atomic E-state index is 2.33. The van der Waals surface area contributed by atoms with Crippen LogP contribution >= 0.6 is 19.0 Å². The highest BCUT2D eigenvalue weighted by molar-refractivity contribution is 7.98. The van der Waals surface area contributed by atoms with E-state index in [1.807, 2.05) is 11.8 Å². The van der Waals surface area contributed by atoms with Crippen LogP contribution in [0.4, 0.5) is 0 Å². The first-order chi connectivity index (χ1) is 11.9. The zero-order chi connectivity index (χ0) is 16.7. The molecule has 0 heterocycles. The van der Waals surface area contributed by atoms with E-state index >= 15 is 0 Å². The number of rotatable bonds is 7. The second-order valence-electron chi connectivity index (χ2n) is 5.89. The molecule has 0 saturated carbocycles. The van der Waals surface area contributed by atoms with Gasteiger partial charge in [0.1, 0.15) is 23.2 Å². The van der Waals surface area contributed by atoms with Crippen LogP contribution in [0.5, 0.6) is 0 Å². The predicted octanol–water partition coefficient (Wildman–Crippen LogP) is 1.74. The van der Waals surface area contributed by atoms with Crippen molar-refractivity contribution in [2.45, 2.75) is 6.42 Å². The molecule has 0 spiro atoms. The molecular formula is C22H24IPS. The highest BCUT2D eigenvalue weighted by atomic mass is 127. The Morgan fingerprint density at radius 3 is 1.32 bits per heavy atom.